The predicted molar refractivity (Wildman–Crippen MR) is 95.0 cm³/mol. The first-order valence-corrected chi connectivity index (χ1v) is 8.96. The quantitative estimate of drug-likeness (QED) is 0.657. The average molecular weight is 403 g/mol. The van der Waals surface area contributed by atoms with E-state index in [1.807, 2.05) is 29.3 Å². The minimum Gasteiger partial charge on any atom is -0.336 e. The molecule has 4 rings (SSSR count). The molecule has 0 bridgehead atoms. The highest BCUT2D eigenvalue weighted by atomic mass is 79.9. The summed E-state index contributed by atoms with van der Waals surface area (Å²) in [6.45, 7) is 1.28. The number of likely N-dealkylation sites (tertiary alicyclic amines) is 1. The molecule has 4 heterocycles. The van der Waals surface area contributed by atoms with Crippen molar-refractivity contribution in [1.29, 1.82) is 0 Å². The van der Waals surface area contributed by atoms with Crippen molar-refractivity contribution in [1.82, 2.24) is 19.3 Å². The largest absolute Gasteiger partial charge is 0.336 e. The van der Waals surface area contributed by atoms with Crippen LogP contribution in [0.1, 0.15) is 35.1 Å². The number of carbonyl (C=O) groups excluding carboxylic acids is 1. The smallest absolute Gasteiger partial charge is 0.290 e. The van der Waals surface area contributed by atoms with Crippen molar-refractivity contribution in [3.63, 3.8) is 0 Å². The number of rotatable bonds is 2. The standard InChI is InChI=1S/C18H16BrFN4O/c19-16-15-3-1-2-8-24(15)17(22-16)18(25)23-9-6-12(7-10-23)14-5-4-13(20)11-21-14/h1-5,8,11-12H,6-7,9-10H2. The number of halogens is 2. The third-order valence-electron chi connectivity index (χ3n) is 4.65. The minimum atomic E-state index is -0.326. The highest BCUT2D eigenvalue weighted by Crippen LogP contribution is 2.28. The van der Waals surface area contributed by atoms with Crippen molar-refractivity contribution < 1.29 is 9.18 Å². The van der Waals surface area contributed by atoms with E-state index in [2.05, 4.69) is 25.9 Å². The molecule has 0 saturated carbocycles. The second-order valence-corrected chi connectivity index (χ2v) is 6.90. The van der Waals surface area contributed by atoms with E-state index in [1.54, 1.807) is 10.5 Å². The van der Waals surface area contributed by atoms with Gasteiger partial charge in [0.05, 0.1) is 11.7 Å². The Morgan fingerprint density at radius 3 is 2.72 bits per heavy atom. The van der Waals surface area contributed by atoms with Crippen LogP contribution in [0, 0.1) is 5.82 Å². The molecule has 1 aliphatic rings. The zero-order chi connectivity index (χ0) is 17.4. The monoisotopic (exact) mass is 402 g/mol. The van der Waals surface area contributed by atoms with Crippen molar-refractivity contribution >= 4 is 27.4 Å². The van der Waals surface area contributed by atoms with Gasteiger partial charge in [0.25, 0.3) is 5.91 Å². The fourth-order valence-corrected chi connectivity index (χ4v) is 3.79. The normalized spacial score (nSPS) is 15.7. The summed E-state index contributed by atoms with van der Waals surface area (Å²) in [4.78, 5) is 23.3. The van der Waals surface area contributed by atoms with Gasteiger partial charge in [0.1, 0.15) is 10.4 Å². The maximum absolute atomic E-state index is 13.0. The summed E-state index contributed by atoms with van der Waals surface area (Å²) < 4.78 is 15.5. The Morgan fingerprint density at radius 1 is 1.20 bits per heavy atom. The average Bonchev–Trinajstić information content (AvgIpc) is 2.99. The Labute approximate surface area is 152 Å². The predicted octanol–water partition coefficient (Wildman–Crippen LogP) is 3.65. The summed E-state index contributed by atoms with van der Waals surface area (Å²) in [6.07, 6.45) is 4.72. The van der Waals surface area contributed by atoms with Crippen LogP contribution in [0.4, 0.5) is 4.39 Å². The molecule has 0 spiro atoms. The van der Waals surface area contributed by atoms with Crippen molar-refractivity contribution in [2.45, 2.75) is 18.8 Å². The minimum absolute atomic E-state index is 0.0718. The molecule has 3 aromatic rings. The molecule has 0 N–H and O–H groups in total. The molecule has 0 aromatic carbocycles. The van der Waals surface area contributed by atoms with Gasteiger partial charge in [-0.25, -0.2) is 9.37 Å². The summed E-state index contributed by atoms with van der Waals surface area (Å²) in [5, 5.41) is 0. The zero-order valence-electron chi connectivity index (χ0n) is 13.4. The van der Waals surface area contributed by atoms with E-state index >= 15 is 0 Å². The van der Waals surface area contributed by atoms with Crippen LogP contribution in [-0.4, -0.2) is 38.3 Å². The van der Waals surface area contributed by atoms with Crippen LogP contribution in [0.25, 0.3) is 5.52 Å². The Morgan fingerprint density at radius 2 is 2.00 bits per heavy atom. The van der Waals surface area contributed by atoms with Gasteiger partial charge < -0.3 is 4.90 Å². The maximum Gasteiger partial charge on any atom is 0.290 e. The SMILES string of the molecule is O=C(c1nc(Br)c2ccccn12)N1CCC(c2ccc(F)cn2)CC1. The molecular formula is C18H16BrFN4O. The molecule has 25 heavy (non-hydrogen) atoms. The lowest BCUT2D eigenvalue weighted by atomic mass is 9.93. The van der Waals surface area contributed by atoms with Crippen LogP contribution in [0.3, 0.4) is 0 Å². The lowest BCUT2D eigenvalue weighted by Gasteiger charge is -2.31. The highest BCUT2D eigenvalue weighted by Gasteiger charge is 2.28. The maximum atomic E-state index is 13.0. The molecule has 0 atom stereocenters. The highest BCUT2D eigenvalue weighted by molar-refractivity contribution is 9.10. The van der Waals surface area contributed by atoms with E-state index in [1.165, 1.54) is 12.3 Å². The van der Waals surface area contributed by atoms with Crippen LogP contribution < -0.4 is 0 Å². The summed E-state index contributed by atoms with van der Waals surface area (Å²) in [6, 6.07) is 8.88. The van der Waals surface area contributed by atoms with Gasteiger partial charge in [0.15, 0.2) is 0 Å². The molecule has 7 heteroatoms. The van der Waals surface area contributed by atoms with Crippen molar-refractivity contribution in [2.75, 3.05) is 13.1 Å². The molecule has 0 unspecified atom stereocenters. The lowest BCUT2D eigenvalue weighted by Crippen LogP contribution is -2.38. The summed E-state index contributed by atoms with van der Waals surface area (Å²) in [7, 11) is 0. The van der Waals surface area contributed by atoms with Gasteiger partial charge in [-0.2, -0.15) is 0 Å². The Kier molecular flexibility index (Phi) is 4.25. The number of pyridine rings is 2. The van der Waals surface area contributed by atoms with Crippen molar-refractivity contribution in [3.8, 4) is 0 Å². The molecular weight excluding hydrogens is 387 g/mol. The topological polar surface area (TPSA) is 50.5 Å². The van der Waals surface area contributed by atoms with Gasteiger partial charge in [0, 0.05) is 30.9 Å². The molecule has 5 nitrogen and oxygen atoms in total. The molecule has 1 aliphatic heterocycles. The van der Waals surface area contributed by atoms with E-state index in [9.17, 15) is 9.18 Å². The van der Waals surface area contributed by atoms with Gasteiger partial charge in [0.2, 0.25) is 5.82 Å². The second-order valence-electron chi connectivity index (χ2n) is 6.15. The fraction of sp³-hybridized carbons (Fsp3) is 0.278. The van der Waals surface area contributed by atoms with E-state index in [4.69, 9.17) is 0 Å². The third kappa shape index (κ3) is 3.04. The first kappa shape index (κ1) is 16.2. The Bertz CT molecular complexity index is 916. The zero-order valence-corrected chi connectivity index (χ0v) is 15.0. The first-order valence-electron chi connectivity index (χ1n) is 8.17. The first-order chi connectivity index (χ1) is 12.1. The number of piperidine rings is 1. The van der Waals surface area contributed by atoms with E-state index in [-0.39, 0.29) is 17.6 Å². The van der Waals surface area contributed by atoms with Crippen LogP contribution in [0.15, 0.2) is 47.3 Å². The second kappa shape index (κ2) is 6.55. The molecule has 1 saturated heterocycles. The number of carbonyl (C=O) groups is 1. The number of aromatic nitrogens is 3. The van der Waals surface area contributed by atoms with Crippen LogP contribution in [0.5, 0.6) is 0 Å². The number of amides is 1. The van der Waals surface area contributed by atoms with Gasteiger partial charge in [-0.1, -0.05) is 6.07 Å². The van der Waals surface area contributed by atoms with Crippen LogP contribution in [-0.2, 0) is 0 Å². The Balaban J connectivity index is 1.50. The number of hydrogen-bond acceptors (Lipinski definition) is 3. The number of hydrogen-bond donors (Lipinski definition) is 0. The molecule has 128 valence electrons. The fourth-order valence-electron chi connectivity index (χ4n) is 3.30. The van der Waals surface area contributed by atoms with Gasteiger partial charge >= 0.3 is 0 Å². The molecule has 3 aromatic heterocycles. The number of nitrogens with zero attached hydrogens (tertiary/aromatic N) is 4. The van der Waals surface area contributed by atoms with E-state index in [0.29, 0.717) is 23.5 Å². The summed E-state index contributed by atoms with van der Waals surface area (Å²) in [5.41, 5.74) is 1.76. The summed E-state index contributed by atoms with van der Waals surface area (Å²) in [5.74, 6) is 0.278. The van der Waals surface area contributed by atoms with Crippen LogP contribution >= 0.6 is 15.9 Å². The lowest BCUT2D eigenvalue weighted by molar-refractivity contribution is 0.0699. The third-order valence-corrected chi connectivity index (χ3v) is 5.23. The number of imidazole rings is 1. The van der Waals surface area contributed by atoms with E-state index < -0.39 is 0 Å². The molecule has 1 fully saturated rings. The van der Waals surface area contributed by atoms with Gasteiger partial charge in [-0.3, -0.25) is 14.2 Å². The van der Waals surface area contributed by atoms with E-state index in [0.717, 1.165) is 24.1 Å². The molecule has 0 aliphatic carbocycles. The molecule has 1 amide bonds. The van der Waals surface area contributed by atoms with Crippen molar-refractivity contribution in [2.24, 2.45) is 0 Å². The number of fused-ring (bicyclic) bond motifs is 1. The van der Waals surface area contributed by atoms with Crippen LogP contribution in [0.2, 0.25) is 0 Å². The molecule has 0 radical (unpaired) electrons. The van der Waals surface area contributed by atoms with Gasteiger partial charge in [-0.05, 0) is 53.0 Å². The summed E-state index contributed by atoms with van der Waals surface area (Å²) >= 11 is 3.41. The van der Waals surface area contributed by atoms with Crippen molar-refractivity contribution in [3.05, 3.63) is 64.7 Å². The Hall–Kier alpha value is -2.28. The van der Waals surface area contributed by atoms with Gasteiger partial charge in [-0.15, -0.1) is 0 Å².